The molecule has 42 heavy (non-hydrogen) atoms. The molecule has 2 aliphatic rings. The Balaban J connectivity index is 1.38. The Hall–Kier alpha value is -4.15. The molecule has 1 aromatic heterocycles. The molecule has 1 amide bonds. The maximum absolute atomic E-state index is 13.6. The molecule has 1 saturated heterocycles. The summed E-state index contributed by atoms with van der Waals surface area (Å²) in [7, 11) is 0. The Bertz CT molecular complexity index is 1680. The van der Waals surface area contributed by atoms with Gasteiger partial charge in [-0.2, -0.15) is 0 Å². The molecule has 2 atom stereocenters. The second-order valence-electron chi connectivity index (χ2n) is 10.3. The summed E-state index contributed by atoms with van der Waals surface area (Å²) in [4.78, 5) is 28.5. The lowest BCUT2D eigenvalue weighted by Crippen LogP contribution is -2.29. The van der Waals surface area contributed by atoms with Crippen molar-refractivity contribution >= 4 is 45.7 Å². The monoisotopic (exact) mass is 599 g/mol. The first-order valence-corrected chi connectivity index (χ1v) is 15.5. The summed E-state index contributed by atoms with van der Waals surface area (Å²) in [6, 6.07) is 19.9. The number of aliphatic hydroxyl groups is 1. The summed E-state index contributed by atoms with van der Waals surface area (Å²) in [5.74, 6) is 0.330. The molecule has 0 radical (unpaired) electrons. The summed E-state index contributed by atoms with van der Waals surface area (Å²) >= 11 is 2.76. The van der Waals surface area contributed by atoms with E-state index in [0.717, 1.165) is 16.9 Å². The number of ether oxygens (including phenoxy) is 2. The van der Waals surface area contributed by atoms with Crippen LogP contribution in [0.4, 0.5) is 5.13 Å². The van der Waals surface area contributed by atoms with E-state index in [1.54, 1.807) is 36.4 Å². The third-order valence-corrected chi connectivity index (χ3v) is 9.33. The number of nitrogens with zero attached hydrogens (tertiary/aromatic N) is 3. The van der Waals surface area contributed by atoms with E-state index in [-0.39, 0.29) is 22.6 Å². The van der Waals surface area contributed by atoms with Crippen molar-refractivity contribution in [1.82, 2.24) is 10.2 Å². The van der Waals surface area contributed by atoms with Crippen molar-refractivity contribution in [2.75, 3.05) is 11.5 Å². The van der Waals surface area contributed by atoms with Gasteiger partial charge in [0.15, 0.2) is 4.34 Å². The zero-order valence-electron chi connectivity index (χ0n) is 23.4. The van der Waals surface area contributed by atoms with Gasteiger partial charge in [0.25, 0.3) is 5.78 Å². The first kappa shape index (κ1) is 28.0. The Morgan fingerprint density at radius 1 is 1.10 bits per heavy atom. The zero-order valence-corrected chi connectivity index (χ0v) is 25.0. The quantitative estimate of drug-likeness (QED) is 0.0807. The van der Waals surface area contributed by atoms with Crippen molar-refractivity contribution in [3.63, 3.8) is 0 Å². The number of ketones is 1. The molecule has 3 aromatic carbocycles. The molecule has 2 aliphatic heterocycles. The van der Waals surface area contributed by atoms with Crippen LogP contribution in [0, 0.1) is 6.92 Å². The lowest BCUT2D eigenvalue weighted by Gasteiger charge is -2.22. The molecule has 0 bridgehead atoms. The Morgan fingerprint density at radius 2 is 1.86 bits per heavy atom. The molecule has 6 rings (SSSR count). The summed E-state index contributed by atoms with van der Waals surface area (Å²) in [5.41, 5.74) is 4.37. The van der Waals surface area contributed by atoms with Gasteiger partial charge >= 0.3 is 5.91 Å². The van der Waals surface area contributed by atoms with Crippen LogP contribution < -0.4 is 14.4 Å². The van der Waals surface area contributed by atoms with Gasteiger partial charge in [-0.25, -0.2) is 0 Å². The largest absolute Gasteiger partial charge is 0.507 e. The molecule has 8 nitrogen and oxygen atoms in total. The van der Waals surface area contributed by atoms with Gasteiger partial charge in [0, 0.05) is 17.7 Å². The molecule has 2 unspecified atom stereocenters. The fourth-order valence-electron chi connectivity index (χ4n) is 5.17. The highest BCUT2D eigenvalue weighted by molar-refractivity contribution is 8.00. The van der Waals surface area contributed by atoms with Crippen LogP contribution in [0.3, 0.4) is 0 Å². The highest BCUT2D eigenvalue weighted by atomic mass is 32.2. The number of aliphatic hydroxyl groups excluding tert-OH is 1. The third-order valence-electron chi connectivity index (χ3n) is 7.21. The highest BCUT2D eigenvalue weighted by Crippen LogP contribution is 2.45. The van der Waals surface area contributed by atoms with E-state index in [9.17, 15) is 14.7 Å². The fraction of sp³-hybridized carbons (Fsp3) is 0.250. The average Bonchev–Trinajstić information content (AvgIpc) is 3.68. The first-order valence-electron chi connectivity index (χ1n) is 13.7. The average molecular weight is 600 g/mol. The number of aromatic nitrogens is 2. The fourth-order valence-corrected chi connectivity index (χ4v) is 6.99. The second-order valence-corrected chi connectivity index (χ2v) is 12.4. The van der Waals surface area contributed by atoms with Crippen molar-refractivity contribution in [2.45, 2.75) is 49.4 Å². The van der Waals surface area contributed by atoms with E-state index >= 15 is 0 Å². The number of amides is 1. The molecule has 3 heterocycles. The standard InChI is InChI=1S/C32H29N3O5S2/c1-4-39-24-12-9-21(10-13-24)27-26(28(36)22-11-14-25-23(16-22)15-19(3)40-25)29(37)30(38)35(27)31-33-34-32(42-31)41-17-20-7-5-18(2)6-8-20/h5-14,16,19,27,36H,4,15,17H2,1-3H3/b28-26+. The predicted octanol–water partition coefficient (Wildman–Crippen LogP) is 6.49. The number of rotatable bonds is 8. The number of benzene rings is 3. The van der Waals surface area contributed by atoms with E-state index in [4.69, 9.17) is 9.47 Å². The second kappa shape index (κ2) is 11.6. The van der Waals surface area contributed by atoms with Gasteiger partial charge in [-0.1, -0.05) is 65.1 Å². The number of fused-ring (bicyclic) bond motifs is 1. The molecule has 1 N–H and O–H groups in total. The third kappa shape index (κ3) is 5.39. The van der Waals surface area contributed by atoms with Crippen LogP contribution in [-0.4, -0.2) is 39.7 Å². The van der Waals surface area contributed by atoms with Gasteiger partial charge in [0.2, 0.25) is 5.13 Å². The van der Waals surface area contributed by atoms with Crippen LogP contribution >= 0.6 is 23.1 Å². The number of thioether (sulfide) groups is 1. The number of aryl methyl sites for hydroxylation is 1. The molecule has 214 valence electrons. The Morgan fingerprint density at radius 3 is 2.60 bits per heavy atom. The van der Waals surface area contributed by atoms with E-state index in [1.165, 1.54) is 33.6 Å². The van der Waals surface area contributed by atoms with Crippen LogP contribution in [0.25, 0.3) is 5.76 Å². The predicted molar refractivity (Wildman–Crippen MR) is 163 cm³/mol. The van der Waals surface area contributed by atoms with Crippen LogP contribution in [0.15, 0.2) is 76.6 Å². The van der Waals surface area contributed by atoms with Gasteiger partial charge in [-0.3, -0.25) is 14.5 Å². The van der Waals surface area contributed by atoms with E-state index in [2.05, 4.69) is 34.5 Å². The first-order chi connectivity index (χ1) is 20.3. The summed E-state index contributed by atoms with van der Waals surface area (Å²) in [6.45, 7) is 6.43. The lowest BCUT2D eigenvalue weighted by molar-refractivity contribution is -0.132. The van der Waals surface area contributed by atoms with Crippen LogP contribution in [0.1, 0.15) is 47.7 Å². The Kier molecular flexibility index (Phi) is 7.74. The molecule has 0 spiro atoms. The topological polar surface area (TPSA) is 102 Å². The minimum atomic E-state index is -0.896. The van der Waals surface area contributed by atoms with Gasteiger partial charge in [-0.05, 0) is 67.8 Å². The molecule has 0 saturated carbocycles. The molecule has 10 heteroatoms. The SMILES string of the molecule is CCOc1ccc(C2/C(=C(\O)c3ccc4c(c3)CC(C)O4)C(=O)C(=O)N2c2nnc(SCc3ccc(C)cc3)s2)cc1. The highest BCUT2D eigenvalue weighted by Gasteiger charge is 2.48. The number of carbonyl (C=O) groups excluding carboxylic acids is 2. The van der Waals surface area contributed by atoms with E-state index < -0.39 is 17.7 Å². The maximum atomic E-state index is 13.6. The molecule has 4 aromatic rings. The number of hydrogen-bond acceptors (Lipinski definition) is 9. The van der Waals surface area contributed by atoms with Crippen molar-refractivity contribution in [3.8, 4) is 11.5 Å². The van der Waals surface area contributed by atoms with Crippen molar-refractivity contribution in [1.29, 1.82) is 0 Å². The van der Waals surface area contributed by atoms with Crippen molar-refractivity contribution in [2.24, 2.45) is 0 Å². The van der Waals surface area contributed by atoms with Crippen LogP contribution in [0.2, 0.25) is 0 Å². The summed E-state index contributed by atoms with van der Waals surface area (Å²) < 4.78 is 12.1. The minimum Gasteiger partial charge on any atom is -0.507 e. The molecular weight excluding hydrogens is 571 g/mol. The molecule has 0 aliphatic carbocycles. The van der Waals surface area contributed by atoms with Gasteiger partial charge < -0.3 is 14.6 Å². The Labute approximate surface area is 252 Å². The van der Waals surface area contributed by atoms with Gasteiger partial charge in [0.1, 0.15) is 23.4 Å². The molecule has 1 fully saturated rings. The number of carbonyl (C=O) groups is 2. The number of hydrogen-bond donors (Lipinski definition) is 1. The molecular formula is C32H29N3O5S2. The lowest BCUT2D eigenvalue weighted by atomic mass is 9.94. The van der Waals surface area contributed by atoms with Crippen LogP contribution in [-0.2, 0) is 21.8 Å². The summed E-state index contributed by atoms with van der Waals surface area (Å²) in [5, 5.41) is 20.5. The zero-order chi connectivity index (χ0) is 29.4. The van der Waals surface area contributed by atoms with Gasteiger partial charge in [-0.15, -0.1) is 10.2 Å². The maximum Gasteiger partial charge on any atom is 0.301 e. The number of anilines is 1. The van der Waals surface area contributed by atoms with E-state index in [1.807, 2.05) is 26.8 Å². The smallest absolute Gasteiger partial charge is 0.301 e. The van der Waals surface area contributed by atoms with Crippen molar-refractivity contribution in [3.05, 3.63) is 100 Å². The normalized spacial score (nSPS) is 19.2. The number of Topliss-reactive ketones (excluding diaryl/α,β-unsaturated/α-hetero) is 1. The van der Waals surface area contributed by atoms with E-state index in [0.29, 0.717) is 40.0 Å². The minimum absolute atomic E-state index is 0.000122. The van der Waals surface area contributed by atoms with Gasteiger partial charge in [0.05, 0.1) is 18.2 Å². The van der Waals surface area contributed by atoms with Crippen LogP contribution in [0.5, 0.6) is 11.5 Å². The summed E-state index contributed by atoms with van der Waals surface area (Å²) in [6.07, 6.45) is 0.725. The van der Waals surface area contributed by atoms with Crippen molar-refractivity contribution < 1.29 is 24.2 Å².